The summed E-state index contributed by atoms with van der Waals surface area (Å²) in [5, 5.41) is 0.592. The van der Waals surface area contributed by atoms with Crippen LogP contribution < -0.4 is 4.74 Å². The van der Waals surface area contributed by atoms with Gasteiger partial charge in [0.05, 0.1) is 17.9 Å². The number of hydrogen-bond acceptors (Lipinski definition) is 4. The molecule has 0 fully saturated rings. The van der Waals surface area contributed by atoms with Gasteiger partial charge in [-0.25, -0.2) is 0 Å². The Balaban J connectivity index is 2.05. The highest BCUT2D eigenvalue weighted by molar-refractivity contribution is 6.30. The van der Waals surface area contributed by atoms with Crippen molar-refractivity contribution in [3.8, 4) is 5.75 Å². The zero-order chi connectivity index (χ0) is 15.9. The normalized spacial score (nSPS) is 15.8. The Morgan fingerprint density at radius 3 is 2.64 bits per heavy atom. The fraction of sp³-hybridized carbons (Fsp3) is 0.294. The number of hydrogen-bond donors (Lipinski definition) is 0. The molecule has 0 N–H and O–H groups in total. The SMILES string of the molecule is Cc1ncc(C(=O)c2ccc(Cl)cc2)c2c1OC(C)(C)OC2. The van der Waals surface area contributed by atoms with Gasteiger partial charge in [0.15, 0.2) is 11.5 Å². The summed E-state index contributed by atoms with van der Waals surface area (Å²) < 4.78 is 11.5. The number of carbonyl (C=O) groups is 1. The molecule has 0 spiro atoms. The van der Waals surface area contributed by atoms with Gasteiger partial charge in [-0.1, -0.05) is 11.6 Å². The van der Waals surface area contributed by atoms with Gasteiger partial charge in [0.1, 0.15) is 0 Å². The number of benzene rings is 1. The van der Waals surface area contributed by atoms with Gasteiger partial charge in [0.25, 0.3) is 0 Å². The van der Waals surface area contributed by atoms with Crippen molar-refractivity contribution in [3.05, 3.63) is 57.9 Å². The Morgan fingerprint density at radius 2 is 1.95 bits per heavy atom. The van der Waals surface area contributed by atoms with E-state index in [1.165, 1.54) is 0 Å². The van der Waals surface area contributed by atoms with E-state index < -0.39 is 5.79 Å². The second-order valence-electron chi connectivity index (χ2n) is 5.69. The first-order chi connectivity index (χ1) is 10.4. The molecule has 0 unspecified atom stereocenters. The first kappa shape index (κ1) is 15.0. The number of ketones is 1. The van der Waals surface area contributed by atoms with Crippen LogP contribution in [0.3, 0.4) is 0 Å². The summed E-state index contributed by atoms with van der Waals surface area (Å²) in [5.41, 5.74) is 2.55. The van der Waals surface area contributed by atoms with E-state index in [1.807, 2.05) is 20.8 Å². The highest BCUT2D eigenvalue weighted by atomic mass is 35.5. The number of aryl methyl sites for hydroxylation is 1. The average Bonchev–Trinajstić information content (AvgIpc) is 2.48. The molecule has 0 atom stereocenters. The van der Waals surface area contributed by atoms with Gasteiger partial charge in [-0.3, -0.25) is 9.78 Å². The van der Waals surface area contributed by atoms with E-state index in [0.29, 0.717) is 28.5 Å². The van der Waals surface area contributed by atoms with Crippen molar-refractivity contribution >= 4 is 17.4 Å². The molecule has 1 aromatic heterocycles. The van der Waals surface area contributed by atoms with E-state index in [2.05, 4.69) is 4.98 Å². The van der Waals surface area contributed by atoms with Crippen molar-refractivity contribution in [1.29, 1.82) is 0 Å². The average molecular weight is 318 g/mol. The first-order valence-corrected chi connectivity index (χ1v) is 7.37. The Bertz CT molecular complexity index is 738. The van der Waals surface area contributed by atoms with Crippen LogP contribution in [0.4, 0.5) is 0 Å². The van der Waals surface area contributed by atoms with Crippen LogP contribution in [0.2, 0.25) is 5.02 Å². The monoisotopic (exact) mass is 317 g/mol. The number of fused-ring (bicyclic) bond motifs is 1. The smallest absolute Gasteiger partial charge is 0.205 e. The Morgan fingerprint density at radius 1 is 1.27 bits per heavy atom. The fourth-order valence-corrected chi connectivity index (χ4v) is 2.52. The molecule has 0 aliphatic carbocycles. The fourth-order valence-electron chi connectivity index (χ4n) is 2.39. The maximum Gasteiger partial charge on any atom is 0.205 e. The lowest BCUT2D eigenvalue weighted by Crippen LogP contribution is -2.36. The predicted octanol–water partition coefficient (Wildman–Crippen LogP) is 3.92. The lowest BCUT2D eigenvalue weighted by atomic mass is 9.98. The van der Waals surface area contributed by atoms with Crippen molar-refractivity contribution in [3.63, 3.8) is 0 Å². The largest absolute Gasteiger partial charge is 0.461 e. The second kappa shape index (κ2) is 5.38. The topological polar surface area (TPSA) is 48.4 Å². The van der Waals surface area contributed by atoms with Crippen LogP contribution in [-0.4, -0.2) is 16.6 Å². The molecule has 0 saturated heterocycles. The summed E-state index contributed by atoms with van der Waals surface area (Å²) in [7, 11) is 0. The lowest BCUT2D eigenvalue weighted by molar-refractivity contribution is -0.180. The molecule has 0 saturated carbocycles. The van der Waals surface area contributed by atoms with Crippen LogP contribution in [-0.2, 0) is 11.3 Å². The molecule has 3 rings (SSSR count). The number of nitrogens with zero attached hydrogens (tertiary/aromatic N) is 1. The summed E-state index contributed by atoms with van der Waals surface area (Å²) in [6, 6.07) is 6.79. The zero-order valence-corrected chi connectivity index (χ0v) is 13.4. The summed E-state index contributed by atoms with van der Waals surface area (Å²) in [6.07, 6.45) is 1.58. The van der Waals surface area contributed by atoms with Gasteiger partial charge in [0, 0.05) is 36.2 Å². The lowest BCUT2D eigenvalue weighted by Gasteiger charge is -2.33. The molecule has 114 valence electrons. The van der Waals surface area contributed by atoms with Crippen molar-refractivity contribution in [1.82, 2.24) is 4.98 Å². The van der Waals surface area contributed by atoms with E-state index in [0.717, 1.165) is 11.3 Å². The molecule has 2 heterocycles. The van der Waals surface area contributed by atoms with E-state index in [9.17, 15) is 4.79 Å². The van der Waals surface area contributed by atoms with Crippen molar-refractivity contribution in [2.45, 2.75) is 33.2 Å². The van der Waals surface area contributed by atoms with Crippen LogP contribution in [0.5, 0.6) is 5.75 Å². The first-order valence-electron chi connectivity index (χ1n) is 6.99. The number of ether oxygens (including phenoxy) is 2. The van der Waals surface area contributed by atoms with E-state index >= 15 is 0 Å². The molecule has 0 amide bonds. The van der Waals surface area contributed by atoms with E-state index in [1.54, 1.807) is 30.5 Å². The number of rotatable bonds is 2. The van der Waals surface area contributed by atoms with Crippen LogP contribution in [0, 0.1) is 6.92 Å². The third-order valence-electron chi connectivity index (χ3n) is 3.58. The maximum absolute atomic E-state index is 12.7. The summed E-state index contributed by atoms with van der Waals surface area (Å²) in [5.74, 6) is -0.204. The molecule has 4 nitrogen and oxygen atoms in total. The van der Waals surface area contributed by atoms with Crippen molar-refractivity contribution < 1.29 is 14.3 Å². The molecule has 0 radical (unpaired) electrons. The molecule has 1 aliphatic heterocycles. The minimum absolute atomic E-state index is 0.118. The van der Waals surface area contributed by atoms with Gasteiger partial charge in [-0.05, 0) is 31.2 Å². The molecule has 22 heavy (non-hydrogen) atoms. The van der Waals surface area contributed by atoms with Crippen LogP contribution in [0.15, 0.2) is 30.5 Å². The molecular formula is C17H16ClNO3. The van der Waals surface area contributed by atoms with Crippen molar-refractivity contribution in [2.24, 2.45) is 0 Å². The summed E-state index contributed by atoms with van der Waals surface area (Å²) >= 11 is 5.87. The third-order valence-corrected chi connectivity index (χ3v) is 3.83. The van der Waals surface area contributed by atoms with Crippen molar-refractivity contribution in [2.75, 3.05) is 0 Å². The Hall–Kier alpha value is -1.91. The summed E-state index contributed by atoms with van der Waals surface area (Å²) in [6.45, 7) is 5.85. The molecule has 5 heteroatoms. The molecular weight excluding hydrogens is 302 g/mol. The minimum atomic E-state index is -0.721. The number of pyridine rings is 1. The molecule has 1 aliphatic rings. The quantitative estimate of drug-likeness (QED) is 0.788. The number of aromatic nitrogens is 1. The standard InChI is InChI=1S/C17H16ClNO3/c1-10-16-14(9-21-17(2,3)22-16)13(8-19-10)15(20)11-4-6-12(18)7-5-11/h4-8H,9H2,1-3H3. The minimum Gasteiger partial charge on any atom is -0.461 e. The number of halogens is 1. The molecule has 2 aromatic rings. The Kier molecular flexibility index (Phi) is 3.67. The van der Waals surface area contributed by atoms with Gasteiger partial charge >= 0.3 is 0 Å². The van der Waals surface area contributed by atoms with Gasteiger partial charge in [-0.2, -0.15) is 0 Å². The second-order valence-corrected chi connectivity index (χ2v) is 6.13. The van der Waals surface area contributed by atoms with E-state index in [4.69, 9.17) is 21.1 Å². The third kappa shape index (κ3) is 2.72. The Labute approximate surface area is 134 Å². The van der Waals surface area contributed by atoms with Crippen LogP contribution >= 0.6 is 11.6 Å². The zero-order valence-electron chi connectivity index (χ0n) is 12.6. The molecule has 1 aromatic carbocycles. The highest BCUT2D eigenvalue weighted by Gasteiger charge is 2.32. The van der Waals surface area contributed by atoms with Gasteiger partial charge in [-0.15, -0.1) is 0 Å². The maximum atomic E-state index is 12.7. The van der Waals surface area contributed by atoms with Crippen LogP contribution in [0.25, 0.3) is 0 Å². The summed E-state index contributed by atoms with van der Waals surface area (Å²) in [4.78, 5) is 17.0. The number of carbonyl (C=O) groups excluding carboxylic acids is 1. The van der Waals surface area contributed by atoms with E-state index in [-0.39, 0.29) is 5.78 Å². The van der Waals surface area contributed by atoms with Gasteiger partial charge in [0.2, 0.25) is 5.79 Å². The van der Waals surface area contributed by atoms with Gasteiger partial charge < -0.3 is 9.47 Å². The molecule has 0 bridgehead atoms. The predicted molar refractivity (Wildman–Crippen MR) is 83.4 cm³/mol. The highest BCUT2D eigenvalue weighted by Crippen LogP contribution is 2.35. The van der Waals surface area contributed by atoms with Crippen LogP contribution in [0.1, 0.15) is 41.0 Å².